The van der Waals surface area contributed by atoms with Crippen molar-refractivity contribution in [3.05, 3.63) is 28.3 Å². The molecule has 0 radical (unpaired) electrons. The molecule has 1 aromatic carbocycles. The third kappa shape index (κ3) is 4.10. The first-order valence-corrected chi connectivity index (χ1v) is 13.3. The predicted molar refractivity (Wildman–Crippen MR) is 137 cm³/mol. The zero-order chi connectivity index (χ0) is 28.1. The maximum absolute atomic E-state index is 13.9. The number of Topliss-reactive ketones (excluding diaryl/α,β-unsaturated/α-hetero) is 4. The second kappa shape index (κ2) is 10.3. The Morgan fingerprint density at radius 3 is 2.37 bits per heavy atom. The van der Waals surface area contributed by atoms with Gasteiger partial charge in [-0.2, -0.15) is 0 Å². The first-order valence-electron chi connectivity index (χ1n) is 13.3. The van der Waals surface area contributed by atoms with Gasteiger partial charge in [-0.15, -0.1) is 0 Å². The van der Waals surface area contributed by atoms with E-state index in [9.17, 15) is 34.2 Å². The molecule has 10 heteroatoms. The third-order valence-corrected chi connectivity index (χ3v) is 8.75. The van der Waals surface area contributed by atoms with E-state index in [4.69, 9.17) is 11.5 Å². The van der Waals surface area contributed by atoms with Crippen LogP contribution in [0.1, 0.15) is 66.1 Å². The maximum Gasteiger partial charge on any atom is 0.235 e. The summed E-state index contributed by atoms with van der Waals surface area (Å²) in [5.74, 6) is -10.4. The summed E-state index contributed by atoms with van der Waals surface area (Å²) in [5, 5.41) is 22.6. The highest BCUT2D eigenvalue weighted by molar-refractivity contribution is 6.32. The Bertz CT molecular complexity index is 1210. The monoisotopic (exact) mass is 527 g/mol. The van der Waals surface area contributed by atoms with Gasteiger partial charge in [0, 0.05) is 18.0 Å². The molecule has 38 heavy (non-hydrogen) atoms. The fourth-order valence-electron chi connectivity index (χ4n) is 6.93. The number of fused-ring (bicyclic) bond motifs is 3. The molecular formula is C28H37N3O7. The third-order valence-electron chi connectivity index (χ3n) is 8.75. The molecule has 3 aliphatic carbocycles. The van der Waals surface area contributed by atoms with Crippen molar-refractivity contribution >= 4 is 29.0 Å². The number of amides is 1. The number of primary amides is 1. The van der Waals surface area contributed by atoms with Gasteiger partial charge in [-0.1, -0.05) is 32.3 Å². The molecule has 0 bridgehead atoms. The number of benzene rings is 1. The normalized spacial score (nSPS) is 30.7. The van der Waals surface area contributed by atoms with Crippen molar-refractivity contribution in [1.82, 2.24) is 4.90 Å². The van der Waals surface area contributed by atoms with E-state index in [0.29, 0.717) is 17.5 Å². The van der Waals surface area contributed by atoms with Crippen molar-refractivity contribution in [3.8, 4) is 5.75 Å². The number of likely N-dealkylation sites (N-methyl/N-ethyl adjacent to an activating group) is 1. The van der Waals surface area contributed by atoms with Gasteiger partial charge < -0.3 is 21.7 Å². The number of phenols is 1. The topological polar surface area (TPSA) is 181 Å². The molecule has 0 aliphatic heterocycles. The van der Waals surface area contributed by atoms with Crippen LogP contribution in [0, 0.1) is 23.7 Å². The van der Waals surface area contributed by atoms with Gasteiger partial charge in [-0.25, -0.2) is 0 Å². The second-order valence-corrected chi connectivity index (χ2v) is 11.2. The number of nitrogens with zero attached hydrogens (tertiary/aromatic N) is 1. The summed E-state index contributed by atoms with van der Waals surface area (Å²) in [6, 6.07) is 0.709. The van der Waals surface area contributed by atoms with Crippen molar-refractivity contribution < 1.29 is 34.2 Å². The lowest BCUT2D eigenvalue weighted by Gasteiger charge is -2.52. The van der Waals surface area contributed by atoms with Crippen LogP contribution >= 0.6 is 0 Å². The molecule has 2 fully saturated rings. The van der Waals surface area contributed by atoms with Crippen molar-refractivity contribution in [3.63, 3.8) is 0 Å². The van der Waals surface area contributed by atoms with Crippen molar-refractivity contribution in [2.45, 2.75) is 70.1 Å². The van der Waals surface area contributed by atoms with Gasteiger partial charge >= 0.3 is 0 Å². The number of nitrogens with two attached hydrogens (primary N) is 2. The number of unbranched alkanes of at least 4 members (excludes halogenated alkanes) is 3. The van der Waals surface area contributed by atoms with Gasteiger partial charge in [-0.05, 0) is 56.8 Å². The minimum atomic E-state index is -2.72. The maximum atomic E-state index is 13.9. The Hall–Kier alpha value is -2.95. The van der Waals surface area contributed by atoms with Crippen LogP contribution in [0.25, 0.3) is 0 Å². The fraction of sp³-hybridized carbons (Fsp3) is 0.607. The van der Waals surface area contributed by atoms with E-state index >= 15 is 0 Å². The van der Waals surface area contributed by atoms with E-state index in [0.717, 1.165) is 31.2 Å². The number of carbonyl (C=O) groups excluding carboxylic acids is 5. The molecule has 3 aliphatic rings. The van der Waals surface area contributed by atoms with Crippen LogP contribution in [0.4, 0.5) is 0 Å². The molecule has 206 valence electrons. The van der Waals surface area contributed by atoms with Gasteiger partial charge in [0.1, 0.15) is 5.75 Å². The summed E-state index contributed by atoms with van der Waals surface area (Å²) in [7, 11) is 3.13. The molecule has 0 heterocycles. The number of carbonyl (C=O) groups is 5. The Balaban J connectivity index is 1.82. The molecular weight excluding hydrogens is 490 g/mol. The first kappa shape index (κ1) is 28.1. The van der Waals surface area contributed by atoms with Gasteiger partial charge in [0.15, 0.2) is 34.7 Å². The number of hydrogen-bond donors (Lipinski definition) is 4. The van der Waals surface area contributed by atoms with Crippen LogP contribution in [0.3, 0.4) is 0 Å². The number of phenolic OH excluding ortho intramolecular Hbond substituents is 1. The van der Waals surface area contributed by atoms with E-state index in [1.807, 2.05) is 6.07 Å². The van der Waals surface area contributed by atoms with Crippen LogP contribution in [0.5, 0.6) is 5.75 Å². The molecule has 4 rings (SSSR count). The van der Waals surface area contributed by atoms with E-state index in [-0.39, 0.29) is 30.7 Å². The van der Waals surface area contributed by atoms with E-state index in [2.05, 4.69) is 6.92 Å². The molecule has 6 unspecified atom stereocenters. The zero-order valence-electron chi connectivity index (χ0n) is 22.2. The highest BCUT2D eigenvalue weighted by Crippen LogP contribution is 2.51. The molecule has 2 saturated carbocycles. The summed E-state index contributed by atoms with van der Waals surface area (Å²) >= 11 is 0. The number of aliphatic hydroxyl groups is 1. The molecule has 1 aromatic rings. The Morgan fingerprint density at radius 1 is 1.11 bits per heavy atom. The minimum Gasteiger partial charge on any atom is -0.507 e. The van der Waals surface area contributed by atoms with E-state index in [1.54, 1.807) is 14.1 Å². The summed E-state index contributed by atoms with van der Waals surface area (Å²) in [6.07, 6.45) is 5.03. The van der Waals surface area contributed by atoms with Crippen LogP contribution < -0.4 is 11.5 Å². The highest BCUT2D eigenvalue weighted by Gasteiger charge is 2.69. The van der Waals surface area contributed by atoms with Gasteiger partial charge in [0.2, 0.25) is 5.91 Å². The molecule has 6 N–H and O–H groups in total. The van der Waals surface area contributed by atoms with E-state index in [1.165, 1.54) is 4.90 Å². The molecule has 10 nitrogen and oxygen atoms in total. The average Bonchev–Trinajstić information content (AvgIpc) is 2.84. The highest BCUT2D eigenvalue weighted by atomic mass is 16.3. The number of rotatable bonds is 8. The van der Waals surface area contributed by atoms with Crippen LogP contribution in [-0.2, 0) is 38.6 Å². The molecule has 0 spiro atoms. The van der Waals surface area contributed by atoms with Crippen LogP contribution in [0.15, 0.2) is 6.07 Å². The molecule has 0 saturated heterocycles. The molecule has 1 amide bonds. The predicted octanol–water partition coefficient (Wildman–Crippen LogP) is 0.449. The Labute approximate surface area is 221 Å². The SMILES string of the molecule is CCCCCCc1cc(CN)c(O)c2c1CC1CC3C(N(C)C)C(=O)C(C(N)=O)C(=O)C3(O)C(=O)C1C2=O. The number of ketones is 4. The molecule has 0 aromatic heterocycles. The number of aryl methyl sites for hydroxylation is 1. The summed E-state index contributed by atoms with van der Waals surface area (Å²) in [6.45, 7) is 2.11. The fourth-order valence-corrected chi connectivity index (χ4v) is 6.93. The number of hydrogen-bond acceptors (Lipinski definition) is 9. The lowest BCUT2D eigenvalue weighted by molar-refractivity contribution is -0.181. The lowest BCUT2D eigenvalue weighted by Crippen LogP contribution is -2.74. The smallest absolute Gasteiger partial charge is 0.235 e. The van der Waals surface area contributed by atoms with E-state index < -0.39 is 64.4 Å². The number of aromatic hydroxyl groups is 1. The second-order valence-electron chi connectivity index (χ2n) is 11.2. The Kier molecular flexibility index (Phi) is 7.62. The van der Waals surface area contributed by atoms with Crippen LogP contribution in [-0.4, -0.2) is 69.9 Å². The first-order chi connectivity index (χ1) is 17.9. The largest absolute Gasteiger partial charge is 0.507 e. The van der Waals surface area contributed by atoms with Gasteiger partial charge in [-0.3, -0.25) is 28.9 Å². The van der Waals surface area contributed by atoms with Gasteiger partial charge in [0.25, 0.3) is 0 Å². The zero-order valence-corrected chi connectivity index (χ0v) is 22.2. The summed E-state index contributed by atoms with van der Waals surface area (Å²) < 4.78 is 0. The molecule has 6 atom stereocenters. The van der Waals surface area contributed by atoms with Crippen molar-refractivity contribution in [1.29, 1.82) is 0 Å². The van der Waals surface area contributed by atoms with Crippen molar-refractivity contribution in [2.75, 3.05) is 14.1 Å². The quantitative estimate of drug-likeness (QED) is 0.275. The van der Waals surface area contributed by atoms with Crippen LogP contribution in [0.2, 0.25) is 0 Å². The Morgan fingerprint density at radius 2 is 1.79 bits per heavy atom. The lowest BCUT2D eigenvalue weighted by atomic mass is 9.52. The summed E-state index contributed by atoms with van der Waals surface area (Å²) in [4.78, 5) is 67.9. The van der Waals surface area contributed by atoms with Gasteiger partial charge in [0.05, 0.1) is 17.5 Å². The average molecular weight is 528 g/mol. The minimum absolute atomic E-state index is 0.00614. The standard InChI is InChI=1S/C28H37N3O7/c1-4-5-6-7-8-13-9-15(12-29)22(32)19-16(13)10-14-11-17-21(31(2)3)24(34)20(27(30)37)26(36)28(17,38)25(35)18(14)23(19)33/h9,14,17-18,20-21,32,38H,4-8,10-12,29H2,1-3H3,(H2,30,37). The van der Waals surface area contributed by atoms with Crippen molar-refractivity contribution in [2.24, 2.45) is 35.1 Å². The summed E-state index contributed by atoms with van der Waals surface area (Å²) in [5.41, 5.74) is 10.4.